The van der Waals surface area contributed by atoms with E-state index in [9.17, 15) is 22.3 Å². The molecule has 12 heteroatoms. The van der Waals surface area contributed by atoms with Crippen LogP contribution in [0.4, 0.5) is 20.3 Å². The highest BCUT2D eigenvalue weighted by molar-refractivity contribution is 9.10. The van der Waals surface area contributed by atoms with E-state index >= 15 is 0 Å². The fraction of sp³-hybridized carbons (Fsp3) is 0.125. The third kappa shape index (κ3) is 5.84. The largest absolute Gasteiger partial charge is 0.345 e. The second-order valence-electron chi connectivity index (χ2n) is 7.74. The van der Waals surface area contributed by atoms with Gasteiger partial charge in [0.2, 0.25) is 0 Å². The third-order valence-corrected chi connectivity index (χ3v) is 7.03. The van der Waals surface area contributed by atoms with E-state index in [4.69, 9.17) is 0 Å². The minimum atomic E-state index is -2.61. The number of nitrogens with zero attached hydrogens (tertiary/aromatic N) is 3. The number of amides is 1. The maximum absolute atomic E-state index is 14.2. The lowest BCUT2D eigenvalue weighted by atomic mass is 10.1. The van der Waals surface area contributed by atoms with Crippen LogP contribution in [0, 0.1) is 11.6 Å². The monoisotopic (exact) mass is 592 g/mol. The molecule has 4 aromatic rings. The van der Waals surface area contributed by atoms with Gasteiger partial charge in [0, 0.05) is 22.5 Å². The number of benzene rings is 3. The first kappa shape index (κ1) is 26.0. The van der Waals surface area contributed by atoms with Crippen LogP contribution in [-0.4, -0.2) is 23.4 Å². The van der Waals surface area contributed by atoms with Gasteiger partial charge in [-0.3, -0.25) is 9.35 Å². The Morgan fingerprint density at radius 3 is 2.58 bits per heavy atom. The van der Waals surface area contributed by atoms with E-state index in [1.54, 1.807) is 13.0 Å². The number of halogens is 3. The van der Waals surface area contributed by atoms with Gasteiger partial charge >= 0.3 is 0 Å². The Labute approximate surface area is 221 Å². The van der Waals surface area contributed by atoms with Gasteiger partial charge in [0.15, 0.2) is 5.82 Å². The number of hydrogen-bond acceptors (Lipinski definition) is 5. The van der Waals surface area contributed by atoms with Crippen molar-refractivity contribution in [3.8, 4) is 0 Å². The highest BCUT2D eigenvalue weighted by Crippen LogP contribution is 2.34. The van der Waals surface area contributed by atoms with E-state index < -0.39 is 34.8 Å². The fourth-order valence-corrected chi connectivity index (χ4v) is 5.16. The number of anilines is 2. The van der Waals surface area contributed by atoms with E-state index in [0.717, 1.165) is 33.7 Å². The van der Waals surface area contributed by atoms with Gasteiger partial charge < -0.3 is 5.32 Å². The lowest BCUT2D eigenvalue weighted by Gasteiger charge is -2.23. The van der Waals surface area contributed by atoms with Gasteiger partial charge in [-0.15, -0.1) is 0 Å². The molecule has 186 valence electrons. The molecule has 0 saturated heterocycles. The Kier molecular flexibility index (Phi) is 8.19. The first-order chi connectivity index (χ1) is 17.2. The van der Waals surface area contributed by atoms with Crippen LogP contribution >= 0.6 is 27.7 Å². The van der Waals surface area contributed by atoms with Gasteiger partial charge in [0.25, 0.3) is 17.2 Å². The molecular formula is C24H19BrF2N4O3S2. The van der Waals surface area contributed by atoms with Gasteiger partial charge in [0.1, 0.15) is 17.3 Å². The Balaban J connectivity index is 1.70. The van der Waals surface area contributed by atoms with Gasteiger partial charge in [-0.05, 0) is 36.8 Å². The summed E-state index contributed by atoms with van der Waals surface area (Å²) in [5, 5.41) is 2.67. The lowest BCUT2D eigenvalue weighted by Crippen LogP contribution is -2.30. The molecule has 0 aliphatic rings. The maximum atomic E-state index is 14.2. The third-order valence-electron chi connectivity index (χ3n) is 5.30. The molecule has 1 aromatic heterocycles. The zero-order chi connectivity index (χ0) is 25.8. The zero-order valence-corrected chi connectivity index (χ0v) is 21.9. The molecule has 7 nitrogen and oxygen atoms in total. The van der Waals surface area contributed by atoms with Crippen molar-refractivity contribution in [1.29, 1.82) is 0 Å². The summed E-state index contributed by atoms with van der Waals surface area (Å²) in [6.45, 7) is 1.55. The first-order valence-corrected chi connectivity index (χ1v) is 13.1. The average Bonchev–Trinajstić information content (AvgIpc) is 3.27. The summed E-state index contributed by atoms with van der Waals surface area (Å²) in [5.74, 6) is -2.02. The second kappa shape index (κ2) is 11.3. The molecule has 0 radical (unpaired) electrons. The molecule has 0 aliphatic heterocycles. The van der Waals surface area contributed by atoms with E-state index in [1.165, 1.54) is 18.2 Å². The van der Waals surface area contributed by atoms with Gasteiger partial charge in [-0.25, -0.2) is 17.3 Å². The number of hydrogen-bond donors (Lipinski definition) is 2. The number of nitrogens with one attached hydrogen (secondary N) is 1. The van der Waals surface area contributed by atoms with Crippen molar-refractivity contribution in [2.24, 2.45) is 0 Å². The van der Waals surface area contributed by atoms with Crippen molar-refractivity contribution in [2.75, 3.05) is 4.31 Å². The number of rotatable bonds is 8. The second-order valence-corrected chi connectivity index (χ2v) is 10.0. The Bertz CT molecular complexity index is 1420. The van der Waals surface area contributed by atoms with Gasteiger partial charge in [-0.2, -0.15) is 8.75 Å². The summed E-state index contributed by atoms with van der Waals surface area (Å²) >= 11 is 1.62. The van der Waals surface area contributed by atoms with Gasteiger partial charge in [0.05, 0.1) is 29.0 Å². The topological polar surface area (TPSA) is 95.4 Å². The predicted molar refractivity (Wildman–Crippen MR) is 138 cm³/mol. The summed E-state index contributed by atoms with van der Waals surface area (Å²) in [6, 6.07) is 16.3. The van der Waals surface area contributed by atoms with E-state index in [1.807, 2.05) is 30.3 Å². The Morgan fingerprint density at radius 2 is 1.89 bits per heavy atom. The summed E-state index contributed by atoms with van der Waals surface area (Å²) in [4.78, 5) is 13.2. The van der Waals surface area contributed by atoms with Crippen molar-refractivity contribution in [3.05, 3.63) is 105 Å². The van der Waals surface area contributed by atoms with Gasteiger partial charge in [-0.1, -0.05) is 52.3 Å². The number of carbonyl (C=O) groups is 1. The van der Waals surface area contributed by atoms with Crippen molar-refractivity contribution in [1.82, 2.24) is 14.1 Å². The number of carbonyl (C=O) groups excluding carboxylic acids is 1. The van der Waals surface area contributed by atoms with E-state index in [0.29, 0.717) is 16.6 Å². The van der Waals surface area contributed by atoms with E-state index in [-0.39, 0.29) is 22.6 Å². The first-order valence-electron chi connectivity index (χ1n) is 10.6. The minimum Gasteiger partial charge on any atom is -0.345 e. The molecule has 0 aliphatic carbocycles. The normalized spacial score (nSPS) is 12.7. The summed E-state index contributed by atoms with van der Waals surface area (Å²) in [7, 11) is 0. The smallest absolute Gasteiger partial charge is 0.268 e. The summed E-state index contributed by atoms with van der Waals surface area (Å²) < 4.78 is 60.4. The molecule has 0 bridgehead atoms. The highest BCUT2D eigenvalue weighted by Gasteiger charge is 2.28. The van der Waals surface area contributed by atoms with Crippen molar-refractivity contribution in [2.45, 2.75) is 19.4 Å². The minimum absolute atomic E-state index is 0.0497. The molecule has 3 aromatic carbocycles. The van der Waals surface area contributed by atoms with Crippen LogP contribution in [0.15, 0.2) is 71.2 Å². The van der Waals surface area contributed by atoms with Crippen LogP contribution < -0.4 is 9.62 Å². The lowest BCUT2D eigenvalue weighted by molar-refractivity contribution is 0.0940. The van der Waals surface area contributed by atoms with Crippen LogP contribution in [0.2, 0.25) is 0 Å². The predicted octanol–water partition coefficient (Wildman–Crippen LogP) is 5.94. The molecule has 4 rings (SSSR count). The molecular weight excluding hydrogens is 574 g/mol. The standard InChI is InChI=1S/C24H19BrF2N4O3S2/c1-14(18-10-8-17(26)13-20(18)27)28-24(32)19-9-7-16(25)12-22(19)31(36(33)34)23-21(29-35-30-23)11-15-5-3-2-4-6-15/h2-10,12-14H,11H2,1H3,(H,28,32)(H,33,34). The molecule has 36 heavy (non-hydrogen) atoms. The zero-order valence-electron chi connectivity index (χ0n) is 18.7. The fourth-order valence-electron chi connectivity index (χ4n) is 3.60. The SMILES string of the molecule is CC(NC(=O)c1ccc(Br)cc1N(c1nsnc1Cc1ccccc1)S(=O)O)c1ccc(F)cc1F. The molecule has 2 atom stereocenters. The Hall–Kier alpha value is -3.06. The van der Waals surface area contributed by atoms with Crippen LogP contribution in [0.3, 0.4) is 0 Å². The molecule has 0 fully saturated rings. The molecule has 2 unspecified atom stereocenters. The van der Waals surface area contributed by atoms with Crippen LogP contribution in [-0.2, 0) is 17.7 Å². The van der Waals surface area contributed by atoms with Crippen molar-refractivity contribution >= 4 is 56.3 Å². The summed E-state index contributed by atoms with van der Waals surface area (Å²) in [5.41, 5.74) is 1.63. The molecule has 1 amide bonds. The van der Waals surface area contributed by atoms with Crippen LogP contribution in [0.5, 0.6) is 0 Å². The molecule has 2 N–H and O–H groups in total. The maximum Gasteiger partial charge on any atom is 0.268 e. The van der Waals surface area contributed by atoms with Crippen molar-refractivity contribution in [3.63, 3.8) is 0 Å². The molecule has 0 spiro atoms. The molecule has 0 saturated carbocycles. The van der Waals surface area contributed by atoms with Crippen molar-refractivity contribution < 1.29 is 22.3 Å². The highest BCUT2D eigenvalue weighted by atomic mass is 79.9. The summed E-state index contributed by atoms with van der Waals surface area (Å²) in [6.07, 6.45) is 0.358. The Morgan fingerprint density at radius 1 is 1.14 bits per heavy atom. The molecule has 1 heterocycles. The average molecular weight is 593 g/mol. The van der Waals surface area contributed by atoms with E-state index in [2.05, 4.69) is 30.0 Å². The van der Waals surface area contributed by atoms with Crippen LogP contribution in [0.1, 0.15) is 40.1 Å². The quantitative estimate of drug-likeness (QED) is 0.247. The number of aromatic nitrogens is 2. The van der Waals surface area contributed by atoms with Crippen LogP contribution in [0.25, 0.3) is 0 Å².